The Morgan fingerprint density at radius 2 is 1.91 bits per heavy atom. The highest BCUT2D eigenvalue weighted by Crippen LogP contribution is 2.32. The molecule has 1 fully saturated rings. The molecule has 2 aliphatic rings. The summed E-state index contributed by atoms with van der Waals surface area (Å²) in [6.07, 6.45) is 2.28. The summed E-state index contributed by atoms with van der Waals surface area (Å²) in [6.45, 7) is 4.95. The van der Waals surface area contributed by atoms with Crippen molar-refractivity contribution in [3.05, 3.63) is 59.2 Å². The molecule has 0 unspecified atom stereocenters. The molecule has 1 heterocycles. The van der Waals surface area contributed by atoms with Gasteiger partial charge in [0.25, 0.3) is 0 Å². The van der Waals surface area contributed by atoms with Crippen LogP contribution < -0.4 is 10.2 Å². The number of fused-ring (bicyclic) bond motifs is 1. The second-order valence-corrected chi connectivity index (χ2v) is 9.11. The second kappa shape index (κ2) is 9.69. The van der Waals surface area contributed by atoms with Crippen molar-refractivity contribution in [3.8, 4) is 0 Å². The average molecular weight is 462 g/mol. The molecule has 1 aliphatic heterocycles. The molecule has 4 rings (SSSR count). The zero-order chi connectivity index (χ0) is 22.7. The Bertz CT molecular complexity index is 954. The molecule has 32 heavy (non-hydrogen) atoms. The van der Waals surface area contributed by atoms with Gasteiger partial charge in [-0.1, -0.05) is 31.0 Å². The Morgan fingerprint density at radius 3 is 2.62 bits per heavy atom. The Morgan fingerprint density at radius 1 is 1.12 bits per heavy atom. The summed E-state index contributed by atoms with van der Waals surface area (Å²) >= 11 is 5.71. The van der Waals surface area contributed by atoms with Crippen LogP contribution in [0.25, 0.3) is 0 Å². The molecule has 172 valence electrons. The number of aryl methyl sites for hydroxylation is 1. The number of anilines is 2. The van der Waals surface area contributed by atoms with Crippen molar-refractivity contribution in [2.45, 2.75) is 64.2 Å². The number of hydrogen-bond acceptors (Lipinski definition) is 2. The van der Waals surface area contributed by atoms with Gasteiger partial charge in [0, 0.05) is 37.1 Å². The van der Waals surface area contributed by atoms with Crippen LogP contribution in [-0.4, -0.2) is 29.1 Å². The van der Waals surface area contributed by atoms with Gasteiger partial charge < -0.3 is 15.1 Å². The van der Waals surface area contributed by atoms with Crippen molar-refractivity contribution in [3.63, 3.8) is 0 Å². The molecule has 1 aliphatic carbocycles. The summed E-state index contributed by atoms with van der Waals surface area (Å²) in [6, 6.07) is 12.2. The molecule has 3 nitrogen and oxygen atoms in total. The lowest BCUT2D eigenvalue weighted by Crippen LogP contribution is -2.41. The van der Waals surface area contributed by atoms with E-state index < -0.39 is 11.7 Å². The van der Waals surface area contributed by atoms with E-state index in [1.807, 2.05) is 0 Å². The Hall–Kier alpha value is -2.28. The Balaban J connectivity index is 1.54. The molecule has 1 saturated carbocycles. The molecule has 0 amide bonds. The minimum Gasteiger partial charge on any atom is -0.372 e. The van der Waals surface area contributed by atoms with E-state index in [9.17, 15) is 13.2 Å². The molecule has 0 atom stereocenters. The van der Waals surface area contributed by atoms with Gasteiger partial charge in [-0.15, -0.1) is 0 Å². The van der Waals surface area contributed by atoms with Crippen molar-refractivity contribution >= 4 is 28.7 Å². The topological polar surface area (TPSA) is 18.5 Å². The molecule has 1 N–H and O–H groups in total. The lowest BCUT2D eigenvalue weighted by molar-refractivity contribution is -0.137. The summed E-state index contributed by atoms with van der Waals surface area (Å²) in [4.78, 5) is 4.59. The van der Waals surface area contributed by atoms with Gasteiger partial charge in [-0.3, -0.25) is 0 Å². The van der Waals surface area contributed by atoms with Crippen molar-refractivity contribution in [2.75, 3.05) is 23.3 Å². The van der Waals surface area contributed by atoms with E-state index in [2.05, 4.69) is 40.2 Å². The molecule has 7 heteroatoms. The number of benzene rings is 2. The van der Waals surface area contributed by atoms with E-state index in [4.69, 9.17) is 12.2 Å². The van der Waals surface area contributed by atoms with E-state index in [0.717, 1.165) is 63.7 Å². The Kier molecular flexibility index (Phi) is 6.93. The van der Waals surface area contributed by atoms with Crippen LogP contribution in [0.4, 0.5) is 24.5 Å². The highest BCUT2D eigenvalue weighted by atomic mass is 32.1. The molecular weight excluding hydrogens is 431 g/mol. The molecule has 2 aromatic carbocycles. The third kappa shape index (κ3) is 5.20. The van der Waals surface area contributed by atoms with E-state index in [1.165, 1.54) is 22.9 Å². The van der Waals surface area contributed by atoms with Crippen LogP contribution in [0.1, 0.15) is 55.7 Å². The van der Waals surface area contributed by atoms with Gasteiger partial charge in [-0.2, -0.15) is 13.2 Å². The summed E-state index contributed by atoms with van der Waals surface area (Å²) in [5, 5.41) is 3.57. The lowest BCUT2D eigenvalue weighted by Gasteiger charge is -2.33. The van der Waals surface area contributed by atoms with E-state index in [0.29, 0.717) is 23.4 Å². The molecule has 0 bridgehead atoms. The van der Waals surface area contributed by atoms with Gasteiger partial charge in [0.2, 0.25) is 0 Å². The monoisotopic (exact) mass is 461 g/mol. The van der Waals surface area contributed by atoms with Crippen LogP contribution in [0.5, 0.6) is 0 Å². The van der Waals surface area contributed by atoms with Crippen molar-refractivity contribution in [1.82, 2.24) is 4.90 Å². The van der Waals surface area contributed by atoms with Crippen LogP contribution in [0.3, 0.4) is 0 Å². The fourth-order valence-corrected chi connectivity index (χ4v) is 5.23. The predicted molar refractivity (Wildman–Crippen MR) is 128 cm³/mol. The number of rotatable bonds is 5. The van der Waals surface area contributed by atoms with Gasteiger partial charge in [0.05, 0.1) is 5.56 Å². The summed E-state index contributed by atoms with van der Waals surface area (Å²) < 4.78 is 39.3. The van der Waals surface area contributed by atoms with Crippen LogP contribution in [0.2, 0.25) is 0 Å². The van der Waals surface area contributed by atoms with E-state index >= 15 is 0 Å². The maximum absolute atomic E-state index is 13.1. The van der Waals surface area contributed by atoms with Crippen LogP contribution >= 0.6 is 12.2 Å². The lowest BCUT2D eigenvalue weighted by atomic mass is 9.98. The minimum absolute atomic E-state index is 0.309. The number of nitrogens with zero attached hydrogens (tertiary/aromatic N) is 2. The number of nitrogens with one attached hydrogen (secondary N) is 1. The van der Waals surface area contributed by atoms with Crippen molar-refractivity contribution in [1.29, 1.82) is 0 Å². The third-order valence-corrected chi connectivity index (χ3v) is 6.90. The largest absolute Gasteiger partial charge is 0.416 e. The summed E-state index contributed by atoms with van der Waals surface area (Å²) in [5.74, 6) is 0. The van der Waals surface area contributed by atoms with Gasteiger partial charge in [-0.25, -0.2) is 0 Å². The van der Waals surface area contributed by atoms with Gasteiger partial charge in [0.15, 0.2) is 5.11 Å². The zero-order valence-corrected chi connectivity index (χ0v) is 19.2. The molecule has 2 aromatic rings. The minimum atomic E-state index is -4.38. The fraction of sp³-hybridized carbons (Fsp3) is 0.480. The SMILES string of the molecule is CCN1CCCc2cc(CN(C(=S)Nc3cccc(C(F)(F)F)c3)C3CCCC3)ccc21. The molecule has 0 saturated heterocycles. The van der Waals surface area contributed by atoms with Crippen LogP contribution in [0.15, 0.2) is 42.5 Å². The zero-order valence-electron chi connectivity index (χ0n) is 18.4. The predicted octanol–water partition coefficient (Wildman–Crippen LogP) is 6.62. The number of thiocarbonyl (C=S) groups is 1. The quantitative estimate of drug-likeness (QED) is 0.504. The maximum Gasteiger partial charge on any atom is 0.416 e. The molecular formula is C25H30F3N3S. The summed E-state index contributed by atoms with van der Waals surface area (Å²) in [5.41, 5.74) is 3.59. The smallest absolute Gasteiger partial charge is 0.372 e. The van der Waals surface area contributed by atoms with Crippen LogP contribution in [0, 0.1) is 0 Å². The average Bonchev–Trinajstić information content (AvgIpc) is 3.31. The first-order valence-electron chi connectivity index (χ1n) is 11.5. The first-order valence-corrected chi connectivity index (χ1v) is 11.9. The first-order chi connectivity index (χ1) is 15.3. The normalized spacial score (nSPS) is 16.7. The van der Waals surface area contributed by atoms with Crippen molar-refractivity contribution in [2.24, 2.45) is 0 Å². The van der Waals surface area contributed by atoms with Gasteiger partial charge in [-0.05, 0) is 80.2 Å². The highest BCUT2D eigenvalue weighted by molar-refractivity contribution is 7.80. The molecule has 0 radical (unpaired) electrons. The highest BCUT2D eigenvalue weighted by Gasteiger charge is 2.31. The fourth-order valence-electron chi connectivity index (χ4n) is 4.90. The summed E-state index contributed by atoms with van der Waals surface area (Å²) in [7, 11) is 0. The van der Waals surface area contributed by atoms with Crippen molar-refractivity contribution < 1.29 is 13.2 Å². The maximum atomic E-state index is 13.1. The second-order valence-electron chi connectivity index (χ2n) is 8.72. The van der Waals surface area contributed by atoms with Crippen LogP contribution in [-0.2, 0) is 19.1 Å². The van der Waals surface area contributed by atoms with Gasteiger partial charge in [0.1, 0.15) is 0 Å². The third-order valence-electron chi connectivity index (χ3n) is 6.56. The molecule has 0 spiro atoms. The standard InChI is InChI=1S/C25H30F3N3S/c1-2-30-14-6-7-19-15-18(12-13-23(19)30)17-31(22-10-3-4-11-22)24(32)29-21-9-5-8-20(16-21)25(26,27)28/h5,8-9,12-13,15-16,22H,2-4,6-7,10-11,14,17H2,1H3,(H,29,32). The number of alkyl halides is 3. The molecule has 0 aromatic heterocycles. The van der Waals surface area contributed by atoms with Gasteiger partial charge >= 0.3 is 6.18 Å². The van der Waals surface area contributed by atoms with E-state index in [1.54, 1.807) is 6.07 Å². The number of hydrogen-bond donors (Lipinski definition) is 1. The van der Waals surface area contributed by atoms with E-state index in [-0.39, 0.29) is 0 Å². The Labute approximate surface area is 193 Å². The number of halogens is 3. The first kappa shape index (κ1) is 22.9.